The largest absolute Gasteiger partial charge is 0.313 e. The van der Waals surface area contributed by atoms with Crippen LogP contribution in [0.5, 0.6) is 0 Å². The van der Waals surface area contributed by atoms with E-state index in [4.69, 9.17) is 15.8 Å². The van der Waals surface area contributed by atoms with Crippen LogP contribution < -0.4 is 14.2 Å². The highest BCUT2D eigenvalue weighted by atomic mass is 32.3. The lowest BCUT2D eigenvalue weighted by molar-refractivity contribution is 0.508. The van der Waals surface area contributed by atoms with Gasteiger partial charge < -0.3 is 0 Å². The fraction of sp³-hybridized carbons (Fsp3) is 0.850. The summed E-state index contributed by atoms with van der Waals surface area (Å²) >= 11 is 0. The van der Waals surface area contributed by atoms with Crippen molar-refractivity contribution in [1.82, 2.24) is 14.2 Å². The van der Waals surface area contributed by atoms with Crippen LogP contribution in [0.15, 0.2) is 0 Å². The van der Waals surface area contributed by atoms with Gasteiger partial charge in [0.05, 0.1) is 18.2 Å². The molecular weight excluding hydrogens is 516 g/mol. The average molecular weight is 553 g/mol. The van der Waals surface area contributed by atoms with Crippen molar-refractivity contribution in [2.45, 2.75) is 87.4 Å². The van der Waals surface area contributed by atoms with Gasteiger partial charge in [-0.2, -0.15) is 15.8 Å². The zero-order chi connectivity index (χ0) is 26.8. The number of nitrogens with one attached hydrogen (secondary N) is 3. The summed E-state index contributed by atoms with van der Waals surface area (Å²) in [7, 11) is -15.1. The van der Waals surface area contributed by atoms with Gasteiger partial charge in [0.2, 0.25) is 30.1 Å². The minimum atomic E-state index is -5.05. The Labute approximate surface area is 210 Å². The highest BCUT2D eigenvalue weighted by Gasteiger charge is 2.64. The number of rotatable bonds is 21. The maximum Gasteiger partial charge on any atom is 0.313 e. The van der Waals surface area contributed by atoms with E-state index < -0.39 is 39.9 Å². The fourth-order valence-corrected chi connectivity index (χ4v) is 10.9. The van der Waals surface area contributed by atoms with Crippen LogP contribution in [0, 0.1) is 34.0 Å². The van der Waals surface area contributed by atoms with E-state index in [1.807, 2.05) is 25.1 Å². The molecule has 35 heavy (non-hydrogen) atoms. The number of nitriles is 3. The smallest absolute Gasteiger partial charge is 0.213 e. The summed E-state index contributed by atoms with van der Waals surface area (Å²) in [5.74, 6) is 0. The zero-order valence-corrected chi connectivity index (χ0v) is 22.6. The van der Waals surface area contributed by atoms with E-state index in [1.54, 1.807) is 0 Å². The quantitative estimate of drug-likeness (QED) is 0.176. The van der Waals surface area contributed by atoms with E-state index in [-0.39, 0.29) is 64.6 Å². The molecule has 200 valence electrons. The van der Waals surface area contributed by atoms with Crippen LogP contribution in [-0.4, -0.2) is 48.3 Å². The second-order valence-corrected chi connectivity index (χ2v) is 14.6. The highest BCUT2D eigenvalue weighted by molar-refractivity contribution is 8.24. The second-order valence-electron chi connectivity index (χ2n) is 7.83. The van der Waals surface area contributed by atoms with Crippen molar-refractivity contribution in [3.63, 3.8) is 0 Å². The van der Waals surface area contributed by atoms with Gasteiger partial charge in [-0.1, -0.05) is 32.6 Å². The van der Waals surface area contributed by atoms with Crippen LogP contribution in [0.2, 0.25) is 0 Å². The number of hydrogen-bond donors (Lipinski definition) is 3. The predicted octanol–water partition coefficient (Wildman–Crippen LogP) is 1.67. The summed E-state index contributed by atoms with van der Waals surface area (Å²) in [6.07, 6.45) is 2.25. The van der Waals surface area contributed by atoms with Gasteiger partial charge in [-0.3, -0.25) is 0 Å². The number of unbranched alkanes of at least 4 members (excludes halogenated alkanes) is 7. The van der Waals surface area contributed by atoms with Crippen LogP contribution in [0.1, 0.15) is 84.0 Å². The summed E-state index contributed by atoms with van der Waals surface area (Å²) in [5.41, 5.74) is 0. The first kappa shape index (κ1) is 33.2. The van der Waals surface area contributed by atoms with E-state index in [2.05, 4.69) is 14.2 Å². The molecule has 12 nitrogen and oxygen atoms in total. The topological polar surface area (TPSA) is 210 Å². The lowest BCUT2D eigenvalue weighted by Crippen LogP contribution is -2.63. The van der Waals surface area contributed by atoms with E-state index in [1.165, 1.54) is 0 Å². The molecule has 0 fully saturated rings. The third-order valence-electron chi connectivity index (χ3n) is 5.09. The summed E-state index contributed by atoms with van der Waals surface area (Å²) in [6, 6.07) is 5.51. The average Bonchev–Trinajstić information content (AvgIpc) is 2.79. The molecule has 0 unspecified atom stereocenters. The summed E-state index contributed by atoms with van der Waals surface area (Å²) in [5, 5.41) is 26.1. The third kappa shape index (κ3) is 10.00. The van der Waals surface area contributed by atoms with Crippen LogP contribution in [-0.2, 0) is 30.1 Å². The maximum absolute atomic E-state index is 13.5. The molecule has 0 aromatic carbocycles. The molecule has 0 rings (SSSR count). The van der Waals surface area contributed by atoms with Gasteiger partial charge in [-0.25, -0.2) is 39.4 Å². The Balaban J connectivity index is 6.50. The second kappa shape index (κ2) is 16.8. The number of sulfonamides is 3. The van der Waals surface area contributed by atoms with Crippen molar-refractivity contribution in [3.05, 3.63) is 0 Å². The minimum Gasteiger partial charge on any atom is -0.213 e. The standard InChI is InChI=1S/C20H36N6O6S3/c1-2-3-4-5-6-13-20(33(27,28)24-17-10-7-14-21,34(29,30)25-18-11-8-15-22)35(31,32)26-19-12-9-16-23/h24-26H,2-13,17-19H2,1H3. The van der Waals surface area contributed by atoms with E-state index in [0.717, 1.165) is 12.8 Å². The van der Waals surface area contributed by atoms with Crippen LogP contribution in [0.4, 0.5) is 0 Å². The van der Waals surface area contributed by atoms with E-state index in [0.29, 0.717) is 12.8 Å². The highest BCUT2D eigenvalue weighted by Crippen LogP contribution is 2.35. The van der Waals surface area contributed by atoms with Crippen molar-refractivity contribution in [2.24, 2.45) is 0 Å². The molecule has 0 aliphatic rings. The van der Waals surface area contributed by atoms with Crippen LogP contribution >= 0.6 is 0 Å². The summed E-state index contributed by atoms with van der Waals surface area (Å²) in [4.78, 5) is 0. The molecule has 15 heteroatoms. The van der Waals surface area contributed by atoms with Gasteiger partial charge in [-0.15, -0.1) is 0 Å². The Morgan fingerprint density at radius 3 is 1.23 bits per heavy atom. The minimum absolute atomic E-state index is 0.00907. The van der Waals surface area contributed by atoms with Gasteiger partial charge in [0.1, 0.15) is 0 Å². The molecule has 0 heterocycles. The molecule has 0 aromatic heterocycles. The SMILES string of the molecule is CCCCCCCC(S(=O)(=O)NCCCC#N)(S(=O)(=O)NCCCC#N)S(=O)(=O)NCCCC#N. The van der Waals surface area contributed by atoms with E-state index >= 15 is 0 Å². The lowest BCUT2D eigenvalue weighted by atomic mass is 10.1. The van der Waals surface area contributed by atoms with Crippen molar-refractivity contribution in [2.75, 3.05) is 19.6 Å². The van der Waals surface area contributed by atoms with Crippen molar-refractivity contribution < 1.29 is 25.3 Å². The Hall–Kier alpha value is -1.80. The molecule has 0 aliphatic carbocycles. The molecule has 0 aliphatic heterocycles. The maximum atomic E-state index is 13.5. The number of hydrogen-bond acceptors (Lipinski definition) is 9. The number of nitrogens with zero attached hydrogens (tertiary/aromatic N) is 3. The van der Waals surface area contributed by atoms with Crippen molar-refractivity contribution >= 4 is 30.1 Å². The third-order valence-corrected chi connectivity index (χ3v) is 13.9. The molecule has 0 saturated carbocycles. The summed E-state index contributed by atoms with van der Waals surface area (Å²) < 4.78 is 83.8. The molecule has 0 amide bonds. The first-order valence-corrected chi connectivity index (χ1v) is 16.0. The van der Waals surface area contributed by atoms with Gasteiger partial charge in [0.25, 0.3) is 0 Å². The molecule has 0 saturated heterocycles. The molecular formula is C20H36N6O6S3. The van der Waals surface area contributed by atoms with Crippen LogP contribution in [0.3, 0.4) is 0 Å². The van der Waals surface area contributed by atoms with E-state index in [9.17, 15) is 25.3 Å². The monoisotopic (exact) mass is 552 g/mol. The van der Waals surface area contributed by atoms with Gasteiger partial charge in [-0.05, 0) is 25.7 Å². The molecule has 3 N–H and O–H groups in total. The zero-order valence-electron chi connectivity index (χ0n) is 20.1. The van der Waals surface area contributed by atoms with Crippen LogP contribution in [0.25, 0.3) is 0 Å². The fourth-order valence-electron chi connectivity index (χ4n) is 3.23. The lowest BCUT2D eigenvalue weighted by Gasteiger charge is -2.32. The first-order valence-electron chi connectivity index (χ1n) is 11.6. The Morgan fingerprint density at radius 2 is 0.914 bits per heavy atom. The molecule has 0 radical (unpaired) electrons. The molecule has 0 bridgehead atoms. The molecule has 0 aromatic rings. The molecule has 0 spiro atoms. The Kier molecular flexibility index (Phi) is 15.9. The predicted molar refractivity (Wildman–Crippen MR) is 131 cm³/mol. The van der Waals surface area contributed by atoms with Gasteiger partial charge in [0.15, 0.2) is 0 Å². The summed E-state index contributed by atoms with van der Waals surface area (Å²) in [6.45, 7) is 1.01. The van der Waals surface area contributed by atoms with Crippen molar-refractivity contribution in [3.8, 4) is 18.2 Å². The first-order chi connectivity index (χ1) is 16.5. The van der Waals surface area contributed by atoms with Gasteiger partial charge in [0, 0.05) is 45.3 Å². The van der Waals surface area contributed by atoms with Crippen molar-refractivity contribution in [1.29, 1.82) is 15.8 Å². The Morgan fingerprint density at radius 1 is 0.571 bits per heavy atom. The molecule has 0 atom stereocenters. The van der Waals surface area contributed by atoms with Gasteiger partial charge >= 0.3 is 3.41 Å². The normalized spacial score (nSPS) is 12.5. The Bertz CT molecular complexity index is 943.